The molecule has 0 fully saturated rings. The number of benzene rings is 2. The predicted molar refractivity (Wildman–Crippen MR) is 93.7 cm³/mol. The zero-order valence-electron chi connectivity index (χ0n) is 13.1. The van der Waals surface area contributed by atoms with Crippen molar-refractivity contribution in [2.45, 2.75) is 13.0 Å². The Morgan fingerprint density at radius 3 is 2.48 bits per heavy atom. The molecular weight excluding hydrogens is 344 g/mol. The first-order valence-corrected chi connectivity index (χ1v) is 8.46. The number of nitrogens with one attached hydrogen (secondary N) is 2. The van der Waals surface area contributed by atoms with E-state index in [-0.39, 0.29) is 24.4 Å². The van der Waals surface area contributed by atoms with E-state index in [1.165, 1.54) is 17.4 Å². The quantitative estimate of drug-likeness (QED) is 0.699. The summed E-state index contributed by atoms with van der Waals surface area (Å²) in [6, 6.07) is 13.2. The van der Waals surface area contributed by atoms with Gasteiger partial charge in [0, 0.05) is 23.2 Å². The molecule has 2 aromatic carbocycles. The summed E-state index contributed by atoms with van der Waals surface area (Å²) >= 11 is 1.38. The van der Waals surface area contributed by atoms with Crippen molar-refractivity contribution in [2.75, 3.05) is 5.32 Å². The highest BCUT2D eigenvalue weighted by Gasteiger charge is 2.12. The van der Waals surface area contributed by atoms with Crippen LogP contribution >= 0.6 is 11.3 Å². The second kappa shape index (κ2) is 7.85. The van der Waals surface area contributed by atoms with E-state index >= 15 is 0 Å². The molecule has 1 aromatic heterocycles. The van der Waals surface area contributed by atoms with Gasteiger partial charge in [0.2, 0.25) is 5.91 Å². The first-order chi connectivity index (χ1) is 12.1. The van der Waals surface area contributed by atoms with E-state index in [0.29, 0.717) is 10.8 Å². The van der Waals surface area contributed by atoms with Crippen molar-refractivity contribution in [2.24, 2.45) is 0 Å². The zero-order valence-corrected chi connectivity index (χ0v) is 13.9. The lowest BCUT2D eigenvalue weighted by Gasteiger charge is -2.06. The van der Waals surface area contributed by atoms with Crippen LogP contribution in [0.2, 0.25) is 0 Å². The molecule has 0 aliphatic heterocycles. The number of nitrogens with zero attached hydrogens (tertiary/aromatic N) is 1. The first kappa shape index (κ1) is 17.0. The van der Waals surface area contributed by atoms with Crippen molar-refractivity contribution < 1.29 is 13.6 Å². The van der Waals surface area contributed by atoms with E-state index in [4.69, 9.17) is 0 Å². The minimum Gasteiger partial charge on any atom is -0.351 e. The van der Waals surface area contributed by atoms with Crippen LogP contribution in [-0.4, -0.2) is 10.9 Å². The topological polar surface area (TPSA) is 54.0 Å². The highest BCUT2D eigenvalue weighted by Crippen LogP contribution is 2.21. The summed E-state index contributed by atoms with van der Waals surface area (Å²) in [7, 11) is 0. The van der Waals surface area contributed by atoms with E-state index in [1.54, 1.807) is 5.38 Å². The molecule has 128 valence electrons. The second-order valence-electron chi connectivity index (χ2n) is 5.29. The number of carbonyl (C=O) groups is 1. The highest BCUT2D eigenvalue weighted by molar-refractivity contribution is 7.13. The lowest BCUT2D eigenvalue weighted by molar-refractivity contribution is -0.120. The molecule has 0 atom stereocenters. The van der Waals surface area contributed by atoms with Crippen molar-refractivity contribution in [1.29, 1.82) is 0 Å². The first-order valence-electron chi connectivity index (χ1n) is 7.58. The number of thiazole rings is 1. The van der Waals surface area contributed by atoms with Crippen molar-refractivity contribution >= 4 is 28.1 Å². The normalized spacial score (nSPS) is 10.5. The lowest BCUT2D eigenvalue weighted by Crippen LogP contribution is -2.25. The van der Waals surface area contributed by atoms with Crippen LogP contribution in [0.4, 0.5) is 19.6 Å². The van der Waals surface area contributed by atoms with E-state index < -0.39 is 11.6 Å². The number of carbonyl (C=O) groups excluding carboxylic acids is 1. The monoisotopic (exact) mass is 359 g/mol. The van der Waals surface area contributed by atoms with E-state index in [2.05, 4.69) is 15.6 Å². The van der Waals surface area contributed by atoms with Crippen LogP contribution in [0, 0.1) is 11.6 Å². The summed E-state index contributed by atoms with van der Waals surface area (Å²) in [5.41, 5.74) is 1.35. The number of para-hydroxylation sites is 1. The van der Waals surface area contributed by atoms with Crippen molar-refractivity contribution in [3.63, 3.8) is 0 Å². The molecule has 0 spiro atoms. The van der Waals surface area contributed by atoms with Gasteiger partial charge in [-0.3, -0.25) is 4.79 Å². The summed E-state index contributed by atoms with van der Waals surface area (Å²) in [6.45, 7) is -0.198. The fourth-order valence-corrected chi connectivity index (χ4v) is 2.94. The predicted octanol–water partition coefficient (Wildman–Crippen LogP) is 4.02. The summed E-state index contributed by atoms with van der Waals surface area (Å²) < 4.78 is 27.1. The lowest BCUT2D eigenvalue weighted by atomic mass is 10.2. The van der Waals surface area contributed by atoms with E-state index in [1.807, 2.05) is 30.3 Å². The number of amides is 1. The average molecular weight is 359 g/mol. The van der Waals surface area contributed by atoms with Crippen LogP contribution in [0.1, 0.15) is 11.3 Å². The number of halogens is 2. The maximum atomic E-state index is 13.5. The molecule has 0 bridgehead atoms. The van der Waals surface area contributed by atoms with Crippen LogP contribution in [0.25, 0.3) is 0 Å². The molecule has 1 amide bonds. The number of rotatable bonds is 6. The van der Waals surface area contributed by atoms with E-state index in [9.17, 15) is 13.6 Å². The van der Waals surface area contributed by atoms with Gasteiger partial charge in [0.1, 0.15) is 11.6 Å². The number of hydrogen-bond donors (Lipinski definition) is 2. The number of hydrogen-bond acceptors (Lipinski definition) is 4. The van der Waals surface area contributed by atoms with Crippen LogP contribution < -0.4 is 10.6 Å². The van der Waals surface area contributed by atoms with Gasteiger partial charge in [-0.15, -0.1) is 11.3 Å². The van der Waals surface area contributed by atoms with E-state index in [0.717, 1.165) is 17.8 Å². The maximum absolute atomic E-state index is 13.5. The minimum atomic E-state index is -0.677. The molecule has 0 aliphatic rings. The summed E-state index contributed by atoms with van der Waals surface area (Å²) in [5, 5.41) is 8.11. The number of anilines is 2. The Balaban J connectivity index is 1.55. The minimum absolute atomic E-state index is 0.0447. The Kier molecular flexibility index (Phi) is 5.35. The van der Waals surface area contributed by atoms with Crippen molar-refractivity contribution in [3.05, 3.63) is 76.8 Å². The highest BCUT2D eigenvalue weighted by atomic mass is 32.1. The third kappa shape index (κ3) is 4.60. The average Bonchev–Trinajstić information content (AvgIpc) is 3.02. The smallest absolute Gasteiger partial charge is 0.226 e. The van der Waals surface area contributed by atoms with Gasteiger partial charge in [0.05, 0.1) is 12.1 Å². The summed E-state index contributed by atoms with van der Waals surface area (Å²) in [4.78, 5) is 16.3. The maximum Gasteiger partial charge on any atom is 0.226 e. The Bertz CT molecular complexity index is 848. The second-order valence-corrected chi connectivity index (χ2v) is 6.15. The molecule has 3 aromatic rings. The van der Waals surface area contributed by atoms with Crippen LogP contribution in [0.15, 0.2) is 53.9 Å². The molecular formula is C18H15F2N3OS. The third-order valence-corrected chi connectivity index (χ3v) is 4.25. The standard InChI is InChI=1S/C18H15F2N3OS/c19-15-7-4-8-16(20)14(15)10-21-17(24)9-13-11-25-18(23-13)22-12-5-2-1-3-6-12/h1-8,11H,9-10H2,(H,21,24)(H,22,23). The van der Waals surface area contributed by atoms with Gasteiger partial charge in [0.15, 0.2) is 5.13 Å². The van der Waals surface area contributed by atoms with Gasteiger partial charge in [-0.05, 0) is 24.3 Å². The van der Waals surface area contributed by atoms with Crippen LogP contribution in [0.3, 0.4) is 0 Å². The molecule has 0 radical (unpaired) electrons. The molecule has 4 nitrogen and oxygen atoms in total. The Morgan fingerprint density at radius 1 is 1.04 bits per heavy atom. The van der Waals surface area contributed by atoms with Crippen molar-refractivity contribution in [3.8, 4) is 0 Å². The number of aromatic nitrogens is 1. The van der Waals surface area contributed by atoms with Gasteiger partial charge in [-0.2, -0.15) is 0 Å². The Hall–Kier alpha value is -2.80. The van der Waals surface area contributed by atoms with Gasteiger partial charge >= 0.3 is 0 Å². The molecule has 1 heterocycles. The molecule has 2 N–H and O–H groups in total. The summed E-state index contributed by atoms with van der Waals surface area (Å²) in [6.07, 6.45) is 0.0447. The fourth-order valence-electron chi connectivity index (χ4n) is 2.21. The van der Waals surface area contributed by atoms with Gasteiger partial charge < -0.3 is 10.6 Å². The molecule has 0 saturated heterocycles. The van der Waals surface area contributed by atoms with Gasteiger partial charge in [-0.25, -0.2) is 13.8 Å². The molecule has 3 rings (SSSR count). The zero-order chi connectivity index (χ0) is 17.6. The fraction of sp³-hybridized carbons (Fsp3) is 0.111. The van der Waals surface area contributed by atoms with Gasteiger partial charge in [-0.1, -0.05) is 24.3 Å². The van der Waals surface area contributed by atoms with Crippen LogP contribution in [-0.2, 0) is 17.8 Å². The van der Waals surface area contributed by atoms with Crippen molar-refractivity contribution in [1.82, 2.24) is 10.3 Å². The van der Waals surface area contributed by atoms with Gasteiger partial charge in [0.25, 0.3) is 0 Å². The summed E-state index contributed by atoms with van der Waals surface area (Å²) in [5.74, 6) is -1.70. The molecule has 25 heavy (non-hydrogen) atoms. The largest absolute Gasteiger partial charge is 0.351 e. The Labute approximate surface area is 147 Å². The van der Waals surface area contributed by atoms with Crippen LogP contribution in [0.5, 0.6) is 0 Å². The molecule has 7 heteroatoms. The molecule has 0 unspecified atom stereocenters. The molecule has 0 aliphatic carbocycles. The third-order valence-electron chi connectivity index (χ3n) is 3.44. The Morgan fingerprint density at radius 2 is 1.76 bits per heavy atom. The SMILES string of the molecule is O=C(Cc1csc(Nc2ccccc2)n1)NCc1c(F)cccc1F. The molecule has 0 saturated carbocycles.